The predicted octanol–water partition coefficient (Wildman–Crippen LogP) is -0.139. The second-order valence-corrected chi connectivity index (χ2v) is 0.612. The van der Waals surface area contributed by atoms with Crippen LogP contribution in [0.1, 0.15) is 0 Å². The van der Waals surface area contributed by atoms with Crippen LogP contribution in [0.3, 0.4) is 0 Å². The van der Waals surface area contributed by atoms with Crippen LogP contribution in [0.5, 0.6) is 0 Å². The van der Waals surface area contributed by atoms with Crippen molar-refractivity contribution in [2.24, 2.45) is 0 Å². The van der Waals surface area contributed by atoms with Gasteiger partial charge in [-0.1, -0.05) is 0 Å². The highest BCUT2D eigenvalue weighted by Gasteiger charge is 1.20. The second-order valence-electron chi connectivity index (χ2n) is 0.204. The minimum absolute atomic E-state index is 0. The van der Waals surface area contributed by atoms with Gasteiger partial charge in [0.2, 0.25) is 0 Å². The van der Waals surface area contributed by atoms with Gasteiger partial charge in [-0.15, -0.1) is 11.4 Å². The molecule has 0 fully saturated rings. The molecule has 0 atom stereocenters. The van der Waals surface area contributed by atoms with Crippen LogP contribution >= 0.6 is 13.5 Å². The van der Waals surface area contributed by atoms with Crippen LogP contribution in [0.15, 0.2) is 0 Å². The number of hydrogen-bond acceptors (Lipinski definition) is 3. The Labute approximate surface area is 51.2 Å². The van der Waals surface area contributed by atoms with Gasteiger partial charge in [0, 0.05) is 0 Å². The fourth-order valence-electron chi connectivity index (χ4n) is 0. The molecular formula is H10N2O3S2. The zero-order valence-electron chi connectivity index (χ0n) is 4.13. The van der Waals surface area contributed by atoms with Crippen molar-refractivity contribution in [2.45, 2.75) is 0 Å². The van der Waals surface area contributed by atoms with Gasteiger partial charge in [-0.3, -0.25) is 4.21 Å². The van der Waals surface area contributed by atoms with E-state index >= 15 is 0 Å². The molecule has 0 spiro atoms. The molecule has 0 radical (unpaired) electrons. The molecule has 0 unspecified atom stereocenters. The standard InChI is InChI=1S/2H3N.H2O3S.H2S/c;;1-4(2)3;/h2*1H3;(H2,1,2,3);1H2. The molecule has 0 saturated heterocycles. The molecule has 8 N–H and O–H groups in total. The second kappa shape index (κ2) is 16.2. The fourth-order valence-corrected chi connectivity index (χ4v) is 0. The lowest BCUT2D eigenvalue weighted by atomic mass is 14.0. The van der Waals surface area contributed by atoms with Crippen molar-refractivity contribution in [2.75, 3.05) is 0 Å². The average molecular weight is 150 g/mol. The van der Waals surface area contributed by atoms with E-state index in [1.54, 1.807) is 0 Å². The van der Waals surface area contributed by atoms with E-state index in [4.69, 9.17) is 13.3 Å². The van der Waals surface area contributed by atoms with Gasteiger partial charge in [0.05, 0.1) is 0 Å². The Morgan fingerprint density at radius 2 is 1.14 bits per heavy atom. The summed E-state index contributed by atoms with van der Waals surface area (Å²) >= 11 is -3.11. The summed E-state index contributed by atoms with van der Waals surface area (Å²) in [6.07, 6.45) is 0. The smallest absolute Gasteiger partial charge is 0.142 e. The van der Waals surface area contributed by atoms with Crippen molar-refractivity contribution in [3.05, 3.63) is 0 Å². The van der Waals surface area contributed by atoms with E-state index in [-0.39, 0.29) is 25.8 Å². The predicted molar refractivity (Wildman–Crippen MR) is 32.0 cm³/mol. The summed E-state index contributed by atoms with van der Waals surface area (Å²) in [5, 5.41) is 0. The highest BCUT2D eigenvalue weighted by atomic mass is 32.2. The summed E-state index contributed by atoms with van der Waals surface area (Å²) in [6.45, 7) is 0. The highest BCUT2D eigenvalue weighted by Crippen LogP contribution is 1.42. The molecule has 0 aliphatic rings. The van der Waals surface area contributed by atoms with Crippen molar-refractivity contribution >= 4 is 24.9 Å². The lowest BCUT2D eigenvalue weighted by molar-refractivity contribution is 0.419. The van der Waals surface area contributed by atoms with Gasteiger partial charge in [0.15, 0.2) is 0 Å². The summed E-state index contributed by atoms with van der Waals surface area (Å²) < 4.78 is 25.3. The van der Waals surface area contributed by atoms with Crippen LogP contribution in [0, 0.1) is 0 Å². The first-order chi connectivity index (χ1) is 1.73. The van der Waals surface area contributed by atoms with Crippen LogP contribution in [-0.4, -0.2) is 13.3 Å². The van der Waals surface area contributed by atoms with Gasteiger partial charge in [-0.25, -0.2) is 0 Å². The maximum atomic E-state index is 8.44. The Kier molecular flexibility index (Phi) is 61.2. The molecule has 0 saturated carbocycles. The van der Waals surface area contributed by atoms with Crippen molar-refractivity contribution in [1.82, 2.24) is 12.3 Å². The van der Waals surface area contributed by atoms with Crippen LogP contribution in [0.4, 0.5) is 0 Å². The van der Waals surface area contributed by atoms with Crippen molar-refractivity contribution in [1.29, 1.82) is 0 Å². The molecule has 7 heteroatoms. The summed E-state index contributed by atoms with van der Waals surface area (Å²) in [5.74, 6) is 0. The summed E-state index contributed by atoms with van der Waals surface area (Å²) in [5.41, 5.74) is 0. The minimum Gasteiger partial charge on any atom is -0.784 e. The Morgan fingerprint density at radius 1 is 1.14 bits per heavy atom. The molecule has 0 bridgehead atoms. The Hall–Kier alpha value is 0.340. The zero-order valence-corrected chi connectivity index (χ0v) is 5.95. The summed E-state index contributed by atoms with van der Waals surface area (Å²) in [7, 11) is 0. The summed E-state index contributed by atoms with van der Waals surface area (Å²) in [6, 6.07) is 0. The first kappa shape index (κ1) is 26.4. The van der Waals surface area contributed by atoms with Gasteiger partial charge in [-0.2, -0.15) is 13.5 Å². The molecule has 0 aromatic rings. The third-order valence-corrected chi connectivity index (χ3v) is 0. The maximum Gasteiger partial charge on any atom is -0.142 e. The van der Waals surface area contributed by atoms with E-state index in [1.165, 1.54) is 0 Å². The van der Waals surface area contributed by atoms with E-state index in [1.807, 2.05) is 0 Å². The summed E-state index contributed by atoms with van der Waals surface area (Å²) in [4.78, 5) is 0. The minimum atomic E-state index is -3.11. The monoisotopic (exact) mass is 150 g/mol. The molecule has 0 aromatic heterocycles. The first-order valence-corrected chi connectivity index (χ1v) is 1.50. The molecule has 5 nitrogen and oxygen atoms in total. The third-order valence-electron chi connectivity index (χ3n) is 0. The Bertz CT molecular complexity index is 33.9. The number of hydrogen-bond donors (Lipinski definition) is 2. The quantitative estimate of drug-likeness (QED) is 0.465. The molecule has 0 rings (SSSR count). The first-order valence-electron chi connectivity index (χ1n) is 0.500. The van der Waals surface area contributed by atoms with Gasteiger partial charge in [-0.05, 0) is 0 Å². The molecule has 7 heavy (non-hydrogen) atoms. The molecule has 0 aliphatic heterocycles. The normalized spacial score (nSPS) is 5.00. The van der Waals surface area contributed by atoms with E-state index in [2.05, 4.69) is 0 Å². The molecule has 50 valence electrons. The van der Waals surface area contributed by atoms with Crippen LogP contribution < -0.4 is 12.3 Å². The molecule has 0 aromatic carbocycles. The zero-order chi connectivity index (χ0) is 3.58. The Morgan fingerprint density at radius 3 is 1.14 bits per heavy atom. The Balaban J connectivity index is -0.0000000150. The van der Waals surface area contributed by atoms with Gasteiger partial charge in [0.1, 0.15) is 0 Å². The van der Waals surface area contributed by atoms with Gasteiger partial charge < -0.3 is 21.4 Å². The third kappa shape index (κ3) is 1030. The highest BCUT2D eigenvalue weighted by molar-refractivity contribution is 7.72. The largest absolute Gasteiger partial charge is 0.784 e. The van der Waals surface area contributed by atoms with Crippen LogP contribution in [0.2, 0.25) is 0 Å². The lowest BCUT2D eigenvalue weighted by Crippen LogP contribution is -1.76. The molecule has 0 amide bonds. The van der Waals surface area contributed by atoms with Gasteiger partial charge >= 0.3 is 0 Å². The molecule has 0 heterocycles. The van der Waals surface area contributed by atoms with E-state index in [0.717, 1.165) is 0 Å². The fraction of sp³-hybridized carbons (Fsp3) is 0. The molecule has 0 aliphatic carbocycles. The number of quaternary nitrogens is 2. The van der Waals surface area contributed by atoms with E-state index in [0.29, 0.717) is 0 Å². The topological polar surface area (TPSA) is 136 Å². The van der Waals surface area contributed by atoms with Gasteiger partial charge in [0.25, 0.3) is 0 Å². The lowest BCUT2D eigenvalue weighted by Gasteiger charge is -2.03. The van der Waals surface area contributed by atoms with Crippen LogP contribution in [0.25, 0.3) is 0 Å². The van der Waals surface area contributed by atoms with Crippen LogP contribution in [-0.2, 0) is 11.4 Å². The SMILES string of the molecule is O=S([O-])[O-].S.[NH4+].[NH4+]. The van der Waals surface area contributed by atoms with E-state index < -0.39 is 11.4 Å². The van der Waals surface area contributed by atoms with Crippen molar-refractivity contribution in [3.63, 3.8) is 0 Å². The van der Waals surface area contributed by atoms with E-state index in [9.17, 15) is 0 Å². The van der Waals surface area contributed by atoms with Crippen molar-refractivity contribution in [3.8, 4) is 0 Å². The van der Waals surface area contributed by atoms with Crippen molar-refractivity contribution < 1.29 is 13.3 Å². The molecular weight excluding hydrogens is 140 g/mol. The maximum absolute atomic E-state index is 8.44. The number of rotatable bonds is 0. The average Bonchev–Trinajstić information content (AvgIpc) is 0.811.